The Kier molecular flexibility index (Phi) is 7.58. The van der Waals surface area contributed by atoms with Crippen LogP contribution in [-0.4, -0.2) is 52.2 Å². The number of carbonyl (C=O) groups excluding carboxylic acids is 1. The molecule has 0 amide bonds. The molecule has 2 bridgehead atoms. The van der Waals surface area contributed by atoms with Gasteiger partial charge in [0, 0.05) is 49.1 Å². The minimum atomic E-state index is -0.0321. The number of fused-ring (bicyclic) bond motifs is 4. The molecule has 2 aliphatic heterocycles. The van der Waals surface area contributed by atoms with Crippen LogP contribution >= 0.6 is 11.8 Å². The minimum Gasteiger partial charge on any atom is -0.461 e. The molecule has 4 rings (SSSR count). The highest BCUT2D eigenvalue weighted by Crippen LogP contribution is 2.35. The fraction of sp³-hybridized carbons (Fsp3) is 0.750. The van der Waals surface area contributed by atoms with Crippen molar-refractivity contribution < 1.29 is 9.53 Å². The molecule has 4 atom stereocenters. The molecule has 1 aromatic heterocycles. The molecule has 30 heavy (non-hydrogen) atoms. The summed E-state index contributed by atoms with van der Waals surface area (Å²) in [6, 6.07) is 5.64. The molecular weight excluding hydrogens is 396 g/mol. The van der Waals surface area contributed by atoms with E-state index < -0.39 is 0 Å². The smallest absolute Gasteiger partial charge is 0.307 e. The van der Waals surface area contributed by atoms with Crippen molar-refractivity contribution in [1.29, 1.82) is 0 Å². The second-order valence-corrected chi connectivity index (χ2v) is 10.6. The van der Waals surface area contributed by atoms with Gasteiger partial charge in [0.25, 0.3) is 5.56 Å². The summed E-state index contributed by atoms with van der Waals surface area (Å²) < 4.78 is 7.92. The fourth-order valence-corrected chi connectivity index (χ4v) is 6.92. The summed E-state index contributed by atoms with van der Waals surface area (Å²) in [5.41, 5.74) is 1.29. The molecule has 3 heterocycles. The molecule has 1 aliphatic carbocycles. The van der Waals surface area contributed by atoms with Crippen molar-refractivity contribution in [3.63, 3.8) is 0 Å². The van der Waals surface area contributed by atoms with Gasteiger partial charge in [-0.25, -0.2) is 0 Å². The molecule has 6 heteroatoms. The predicted molar refractivity (Wildman–Crippen MR) is 122 cm³/mol. The fourth-order valence-electron chi connectivity index (χ4n) is 5.42. The summed E-state index contributed by atoms with van der Waals surface area (Å²) in [5, 5.41) is 0.485. The van der Waals surface area contributed by atoms with Gasteiger partial charge >= 0.3 is 5.97 Å². The van der Waals surface area contributed by atoms with Crippen molar-refractivity contribution in [2.75, 3.05) is 25.4 Å². The Bertz CT molecular complexity index is 780. The molecular formula is C24H36N2O3S. The maximum atomic E-state index is 12.6. The van der Waals surface area contributed by atoms with Crippen LogP contribution in [0.3, 0.4) is 0 Å². The Morgan fingerprint density at radius 2 is 2.07 bits per heavy atom. The third-order valence-corrected chi connectivity index (χ3v) is 8.43. The van der Waals surface area contributed by atoms with Gasteiger partial charge < -0.3 is 14.2 Å². The van der Waals surface area contributed by atoms with E-state index in [2.05, 4.69) is 17.9 Å². The summed E-state index contributed by atoms with van der Waals surface area (Å²) in [5.74, 6) is 2.05. The molecule has 1 saturated carbocycles. The molecule has 0 spiro atoms. The monoisotopic (exact) mass is 432 g/mol. The number of esters is 1. The second kappa shape index (κ2) is 10.4. The molecule has 2 unspecified atom stereocenters. The van der Waals surface area contributed by atoms with Crippen molar-refractivity contribution in [2.24, 2.45) is 5.92 Å². The standard InChI is InChI=1S/C24H36N2O3S/c1-2-3-13-30-22-9-5-4-8-21(22)29-24(28)11-12-25-15-18-14-19(17-25)20-7-6-10-23(27)26(20)16-18/h6-7,10,18-19,21-22H,2-5,8-9,11-17H2,1H3/t18-,19-,21?,22?/m0/s1. The second-order valence-electron chi connectivity index (χ2n) is 9.28. The summed E-state index contributed by atoms with van der Waals surface area (Å²) in [6.45, 7) is 5.72. The van der Waals surface area contributed by atoms with Gasteiger partial charge in [0.05, 0.1) is 6.42 Å². The zero-order valence-electron chi connectivity index (χ0n) is 18.3. The molecule has 2 fully saturated rings. The average molecular weight is 433 g/mol. The lowest BCUT2D eigenvalue weighted by Crippen LogP contribution is -2.47. The van der Waals surface area contributed by atoms with Crippen molar-refractivity contribution in [1.82, 2.24) is 9.47 Å². The van der Waals surface area contributed by atoms with Gasteiger partial charge in [-0.1, -0.05) is 25.8 Å². The topological polar surface area (TPSA) is 51.5 Å². The molecule has 3 aliphatic rings. The average Bonchev–Trinajstić information content (AvgIpc) is 2.74. The van der Waals surface area contributed by atoms with Gasteiger partial charge in [0.1, 0.15) is 6.10 Å². The Hall–Kier alpha value is -1.27. The largest absolute Gasteiger partial charge is 0.461 e. The molecule has 1 saturated heterocycles. The van der Waals surface area contributed by atoms with Crippen LogP contribution in [0.5, 0.6) is 0 Å². The highest BCUT2D eigenvalue weighted by atomic mass is 32.2. The van der Waals surface area contributed by atoms with Crippen LogP contribution in [0.4, 0.5) is 0 Å². The number of likely N-dealkylation sites (tertiary alicyclic amines) is 1. The highest BCUT2D eigenvalue weighted by molar-refractivity contribution is 7.99. The summed E-state index contributed by atoms with van der Waals surface area (Å²) in [7, 11) is 0. The molecule has 1 aromatic rings. The van der Waals surface area contributed by atoms with E-state index in [-0.39, 0.29) is 17.6 Å². The molecule has 0 aromatic carbocycles. The molecule has 5 nitrogen and oxygen atoms in total. The number of hydrogen-bond donors (Lipinski definition) is 0. The first-order chi connectivity index (χ1) is 14.6. The van der Waals surface area contributed by atoms with Crippen molar-refractivity contribution in [3.05, 3.63) is 34.2 Å². The number of unbranched alkanes of at least 4 members (excludes halogenated alkanes) is 1. The maximum absolute atomic E-state index is 12.6. The number of hydrogen-bond acceptors (Lipinski definition) is 5. The van der Waals surface area contributed by atoms with Crippen LogP contribution in [0.25, 0.3) is 0 Å². The van der Waals surface area contributed by atoms with E-state index in [1.807, 2.05) is 22.4 Å². The van der Waals surface area contributed by atoms with Gasteiger partial charge in [0.2, 0.25) is 0 Å². The molecule has 0 N–H and O–H groups in total. The van der Waals surface area contributed by atoms with Crippen LogP contribution in [0.15, 0.2) is 23.0 Å². The first-order valence-electron chi connectivity index (χ1n) is 11.9. The predicted octanol–water partition coefficient (Wildman–Crippen LogP) is 4.05. The number of pyridine rings is 1. The summed E-state index contributed by atoms with van der Waals surface area (Å²) >= 11 is 2.01. The Balaban J connectivity index is 1.27. The number of carbonyl (C=O) groups is 1. The van der Waals surface area contributed by atoms with Crippen LogP contribution in [-0.2, 0) is 16.1 Å². The van der Waals surface area contributed by atoms with E-state index in [1.54, 1.807) is 6.07 Å². The zero-order chi connectivity index (χ0) is 20.9. The van der Waals surface area contributed by atoms with Crippen molar-refractivity contribution in [2.45, 2.75) is 82.1 Å². The normalized spacial score (nSPS) is 28.7. The molecule has 166 valence electrons. The van der Waals surface area contributed by atoms with Gasteiger partial charge in [-0.2, -0.15) is 11.8 Å². The molecule has 0 radical (unpaired) electrons. The number of ether oxygens (including phenoxy) is 1. The van der Waals surface area contributed by atoms with Crippen LogP contribution in [0, 0.1) is 5.92 Å². The van der Waals surface area contributed by atoms with E-state index in [0.717, 1.165) is 39.0 Å². The van der Waals surface area contributed by atoms with Gasteiger partial charge in [-0.15, -0.1) is 0 Å². The van der Waals surface area contributed by atoms with E-state index in [9.17, 15) is 9.59 Å². The lowest BCUT2D eigenvalue weighted by Gasteiger charge is -2.42. The van der Waals surface area contributed by atoms with E-state index in [0.29, 0.717) is 23.5 Å². The van der Waals surface area contributed by atoms with Crippen LogP contribution < -0.4 is 5.56 Å². The Morgan fingerprint density at radius 3 is 2.93 bits per heavy atom. The third kappa shape index (κ3) is 5.31. The van der Waals surface area contributed by atoms with E-state index in [1.165, 1.54) is 43.6 Å². The number of nitrogens with zero attached hydrogens (tertiary/aromatic N) is 2. The van der Waals surface area contributed by atoms with E-state index >= 15 is 0 Å². The van der Waals surface area contributed by atoms with E-state index in [4.69, 9.17) is 4.74 Å². The lowest BCUT2D eigenvalue weighted by atomic mass is 9.83. The van der Waals surface area contributed by atoms with Crippen LogP contribution in [0.2, 0.25) is 0 Å². The first kappa shape index (κ1) is 21.9. The maximum Gasteiger partial charge on any atom is 0.307 e. The number of rotatable bonds is 8. The van der Waals surface area contributed by atoms with Gasteiger partial charge in [-0.05, 0) is 49.8 Å². The summed E-state index contributed by atoms with van der Waals surface area (Å²) in [4.78, 5) is 27.2. The quantitative estimate of drug-likeness (QED) is 0.458. The van der Waals surface area contributed by atoms with Crippen LogP contribution in [0.1, 0.15) is 69.9 Å². The van der Waals surface area contributed by atoms with Crippen molar-refractivity contribution >= 4 is 17.7 Å². The number of thioether (sulfide) groups is 1. The summed E-state index contributed by atoms with van der Waals surface area (Å²) in [6.07, 6.45) is 8.85. The Labute approximate surface area is 184 Å². The van der Waals surface area contributed by atoms with Gasteiger partial charge in [-0.3, -0.25) is 9.59 Å². The first-order valence-corrected chi connectivity index (χ1v) is 12.9. The van der Waals surface area contributed by atoms with Crippen molar-refractivity contribution in [3.8, 4) is 0 Å². The number of aromatic nitrogens is 1. The number of piperidine rings is 1. The SMILES string of the molecule is CCCCSC1CCCCC1OC(=O)CCN1C[C@@H]2C[C@@H](C1)c1cccc(=O)n1C2. The minimum absolute atomic E-state index is 0.0321. The Morgan fingerprint density at radius 1 is 1.20 bits per heavy atom. The highest BCUT2D eigenvalue weighted by Gasteiger charge is 2.35. The van der Waals surface area contributed by atoms with Gasteiger partial charge in [0.15, 0.2) is 0 Å². The zero-order valence-corrected chi connectivity index (χ0v) is 19.1. The lowest BCUT2D eigenvalue weighted by molar-refractivity contribution is -0.150. The third-order valence-electron chi connectivity index (χ3n) is 6.94.